The zero-order chi connectivity index (χ0) is 7.28. The molecule has 0 rings (SSSR count). The van der Waals surface area contributed by atoms with E-state index in [1.165, 1.54) is 0 Å². The summed E-state index contributed by atoms with van der Waals surface area (Å²) in [4.78, 5) is 0. The van der Waals surface area contributed by atoms with Crippen LogP contribution < -0.4 is 10.5 Å². The van der Waals surface area contributed by atoms with Crippen molar-refractivity contribution in [3.8, 4) is 0 Å². The predicted octanol–water partition coefficient (Wildman–Crippen LogP) is 0.980. The van der Waals surface area contributed by atoms with Crippen molar-refractivity contribution in [1.29, 1.82) is 0 Å². The second kappa shape index (κ2) is 5.09. The molecular weight excluding hydrogens is 132 g/mol. The quantitative estimate of drug-likeness (QED) is 0.584. The fraction of sp³-hybridized carbons (Fsp3) is 1.00. The molecule has 0 radical (unpaired) electrons. The van der Waals surface area contributed by atoms with Gasteiger partial charge in [0.05, 0.1) is 0 Å². The van der Waals surface area contributed by atoms with E-state index in [2.05, 4.69) is 18.6 Å². The molecule has 0 fully saturated rings. The van der Waals surface area contributed by atoms with E-state index in [-0.39, 0.29) is 6.04 Å². The van der Waals surface area contributed by atoms with Crippen molar-refractivity contribution in [2.24, 2.45) is 5.73 Å². The van der Waals surface area contributed by atoms with Crippen molar-refractivity contribution < 1.29 is 0 Å². The van der Waals surface area contributed by atoms with Crippen LogP contribution in [-0.2, 0) is 0 Å². The van der Waals surface area contributed by atoms with Gasteiger partial charge in [0.1, 0.15) is 0 Å². The molecule has 2 atom stereocenters. The van der Waals surface area contributed by atoms with E-state index in [4.69, 9.17) is 5.73 Å². The highest BCUT2D eigenvalue weighted by Crippen LogP contribution is 2.07. The summed E-state index contributed by atoms with van der Waals surface area (Å²) in [6.45, 7) is 7.23. The molecule has 3 heteroatoms. The Balaban J connectivity index is 3.16. The highest BCUT2D eigenvalue weighted by molar-refractivity contribution is 7.98. The molecule has 2 unspecified atom stereocenters. The maximum Gasteiger partial charge on any atom is 0.0313 e. The molecule has 0 aliphatic rings. The van der Waals surface area contributed by atoms with Crippen LogP contribution in [0.25, 0.3) is 0 Å². The second-order valence-electron chi connectivity index (χ2n) is 2.18. The summed E-state index contributed by atoms with van der Waals surface area (Å²) in [5.41, 5.74) is 5.62. The number of hydrogen-bond donors (Lipinski definition) is 2. The van der Waals surface area contributed by atoms with Crippen LogP contribution >= 0.6 is 11.9 Å². The van der Waals surface area contributed by atoms with Crippen molar-refractivity contribution in [3.63, 3.8) is 0 Å². The first-order valence-corrected chi connectivity index (χ1v) is 4.20. The maximum atomic E-state index is 5.62. The zero-order valence-electron chi connectivity index (χ0n) is 6.35. The van der Waals surface area contributed by atoms with Gasteiger partial charge in [-0.2, -0.15) is 0 Å². The fourth-order valence-corrected chi connectivity index (χ4v) is 0.966. The Morgan fingerprint density at radius 1 is 1.56 bits per heavy atom. The van der Waals surface area contributed by atoms with Crippen LogP contribution in [0.4, 0.5) is 0 Å². The Bertz CT molecular complexity index is 66.1. The van der Waals surface area contributed by atoms with E-state index < -0.39 is 0 Å². The standard InChI is InChI=1S/C6H16N2S/c1-4-8-9-6(3)5(2)7/h5-6,8H,4,7H2,1-3H3. The lowest BCUT2D eigenvalue weighted by Gasteiger charge is -2.13. The van der Waals surface area contributed by atoms with Gasteiger partial charge in [0.15, 0.2) is 0 Å². The van der Waals surface area contributed by atoms with Gasteiger partial charge < -0.3 is 5.73 Å². The van der Waals surface area contributed by atoms with Crippen LogP contribution in [0.15, 0.2) is 0 Å². The normalized spacial score (nSPS) is 17.3. The zero-order valence-corrected chi connectivity index (χ0v) is 7.16. The third-order valence-corrected chi connectivity index (χ3v) is 2.41. The molecule has 2 nitrogen and oxygen atoms in total. The topological polar surface area (TPSA) is 38.0 Å². The van der Waals surface area contributed by atoms with Gasteiger partial charge in [0, 0.05) is 17.8 Å². The molecule has 0 saturated carbocycles. The van der Waals surface area contributed by atoms with Gasteiger partial charge in [-0.3, -0.25) is 4.72 Å². The largest absolute Gasteiger partial charge is 0.327 e. The Kier molecular flexibility index (Phi) is 5.24. The van der Waals surface area contributed by atoms with Crippen molar-refractivity contribution in [2.45, 2.75) is 32.1 Å². The van der Waals surface area contributed by atoms with Gasteiger partial charge in [-0.25, -0.2) is 0 Å². The van der Waals surface area contributed by atoms with E-state index in [0.717, 1.165) is 6.54 Å². The molecule has 0 spiro atoms. The molecule has 0 aliphatic carbocycles. The van der Waals surface area contributed by atoms with Gasteiger partial charge in [0.25, 0.3) is 0 Å². The summed E-state index contributed by atoms with van der Waals surface area (Å²) in [5, 5.41) is 0.505. The van der Waals surface area contributed by atoms with E-state index in [0.29, 0.717) is 5.25 Å². The highest BCUT2D eigenvalue weighted by atomic mass is 32.2. The van der Waals surface area contributed by atoms with Crippen LogP contribution in [0.2, 0.25) is 0 Å². The summed E-state index contributed by atoms with van der Waals surface area (Å²) in [6, 6.07) is 0.272. The van der Waals surface area contributed by atoms with Crippen LogP contribution in [0.1, 0.15) is 20.8 Å². The molecule has 0 aromatic rings. The Morgan fingerprint density at radius 3 is 2.44 bits per heavy atom. The molecule has 3 N–H and O–H groups in total. The van der Waals surface area contributed by atoms with Gasteiger partial charge in [0.2, 0.25) is 0 Å². The Hall–Kier alpha value is 0.270. The molecular formula is C6H16N2S. The smallest absolute Gasteiger partial charge is 0.0313 e. The molecule has 9 heavy (non-hydrogen) atoms. The molecule has 0 aliphatic heterocycles. The Labute approximate surface area is 61.7 Å². The van der Waals surface area contributed by atoms with E-state index in [1.54, 1.807) is 11.9 Å². The number of nitrogens with two attached hydrogens (primary N) is 1. The monoisotopic (exact) mass is 148 g/mol. The lowest BCUT2D eigenvalue weighted by atomic mass is 10.3. The molecule has 0 saturated heterocycles. The highest BCUT2D eigenvalue weighted by Gasteiger charge is 2.05. The fourth-order valence-electron chi connectivity index (χ4n) is 0.322. The average molecular weight is 148 g/mol. The molecule has 0 bridgehead atoms. The van der Waals surface area contributed by atoms with Crippen LogP contribution in [0.5, 0.6) is 0 Å². The van der Waals surface area contributed by atoms with Gasteiger partial charge >= 0.3 is 0 Å². The van der Waals surface area contributed by atoms with Gasteiger partial charge in [-0.15, -0.1) is 0 Å². The first-order valence-electron chi connectivity index (χ1n) is 3.32. The van der Waals surface area contributed by atoms with Crippen molar-refractivity contribution in [1.82, 2.24) is 4.72 Å². The third-order valence-electron chi connectivity index (χ3n) is 1.15. The second-order valence-corrected chi connectivity index (χ2v) is 3.45. The van der Waals surface area contributed by atoms with E-state index >= 15 is 0 Å². The minimum Gasteiger partial charge on any atom is -0.327 e. The summed E-state index contributed by atoms with van der Waals surface area (Å²) < 4.78 is 3.17. The summed E-state index contributed by atoms with van der Waals surface area (Å²) in [5.74, 6) is 0. The lowest BCUT2D eigenvalue weighted by molar-refractivity contribution is 0.727. The van der Waals surface area contributed by atoms with E-state index in [1.807, 2.05) is 6.92 Å². The van der Waals surface area contributed by atoms with E-state index in [9.17, 15) is 0 Å². The predicted molar refractivity (Wildman–Crippen MR) is 44.4 cm³/mol. The first kappa shape index (κ1) is 9.27. The Morgan fingerprint density at radius 2 is 2.11 bits per heavy atom. The van der Waals surface area contributed by atoms with Crippen LogP contribution in [0.3, 0.4) is 0 Å². The number of hydrogen-bond acceptors (Lipinski definition) is 3. The molecule has 56 valence electrons. The van der Waals surface area contributed by atoms with Crippen LogP contribution in [-0.4, -0.2) is 17.8 Å². The van der Waals surface area contributed by atoms with Crippen molar-refractivity contribution in [2.75, 3.05) is 6.54 Å². The SMILES string of the molecule is CCNSC(C)C(C)N. The number of nitrogens with one attached hydrogen (secondary N) is 1. The minimum absolute atomic E-state index is 0.272. The van der Waals surface area contributed by atoms with Crippen molar-refractivity contribution >= 4 is 11.9 Å². The van der Waals surface area contributed by atoms with Gasteiger partial charge in [-0.1, -0.05) is 25.8 Å². The summed E-state index contributed by atoms with van der Waals surface area (Å²) in [7, 11) is 0. The minimum atomic E-state index is 0.272. The third kappa shape index (κ3) is 4.75. The first-order chi connectivity index (χ1) is 4.18. The molecule has 0 aromatic carbocycles. The lowest BCUT2D eigenvalue weighted by Crippen LogP contribution is -2.28. The summed E-state index contributed by atoms with van der Waals surface area (Å²) >= 11 is 1.71. The molecule has 0 aromatic heterocycles. The van der Waals surface area contributed by atoms with Crippen LogP contribution in [0, 0.1) is 0 Å². The molecule has 0 amide bonds. The van der Waals surface area contributed by atoms with Crippen molar-refractivity contribution in [3.05, 3.63) is 0 Å². The number of rotatable bonds is 4. The maximum absolute atomic E-state index is 5.62. The average Bonchev–Trinajstić information content (AvgIpc) is 1.82. The molecule has 0 heterocycles. The van der Waals surface area contributed by atoms with Gasteiger partial charge in [-0.05, 0) is 6.92 Å². The summed E-state index contributed by atoms with van der Waals surface area (Å²) in [6.07, 6.45) is 0.